The normalized spacial score (nSPS) is 15.6. The maximum atomic E-state index is 12.0. The van der Waals surface area contributed by atoms with E-state index in [4.69, 9.17) is 0 Å². The van der Waals surface area contributed by atoms with E-state index in [-0.39, 0.29) is 6.04 Å². The Hall–Kier alpha value is -0.910. The van der Waals surface area contributed by atoms with Crippen LogP contribution < -0.4 is 10.0 Å². The van der Waals surface area contributed by atoms with Gasteiger partial charge in [0.05, 0.1) is 4.90 Å². The Bertz CT molecular complexity index is 493. The molecule has 1 aliphatic carbocycles. The number of sulfonamides is 1. The van der Waals surface area contributed by atoms with E-state index in [1.54, 1.807) is 12.1 Å². The van der Waals surface area contributed by atoms with Crippen LogP contribution in [-0.4, -0.2) is 27.5 Å². The van der Waals surface area contributed by atoms with Crippen LogP contribution in [0.25, 0.3) is 0 Å². The van der Waals surface area contributed by atoms with Gasteiger partial charge >= 0.3 is 0 Å². The molecule has 19 heavy (non-hydrogen) atoms. The second kappa shape index (κ2) is 6.50. The maximum absolute atomic E-state index is 12.0. The SMILES string of the molecule is CCCNCCc1ccc(S(=O)(=O)NC2CC2)cc1. The van der Waals surface area contributed by atoms with Gasteiger partial charge in [-0.25, -0.2) is 13.1 Å². The number of nitrogens with one attached hydrogen (secondary N) is 2. The highest BCUT2D eigenvalue weighted by Crippen LogP contribution is 2.22. The summed E-state index contributed by atoms with van der Waals surface area (Å²) >= 11 is 0. The highest BCUT2D eigenvalue weighted by molar-refractivity contribution is 7.89. The van der Waals surface area contributed by atoms with Crippen molar-refractivity contribution in [1.29, 1.82) is 0 Å². The summed E-state index contributed by atoms with van der Waals surface area (Å²) in [7, 11) is -3.31. The third kappa shape index (κ3) is 4.60. The van der Waals surface area contributed by atoms with Crippen LogP contribution >= 0.6 is 0 Å². The molecule has 2 N–H and O–H groups in total. The van der Waals surface area contributed by atoms with E-state index in [1.807, 2.05) is 12.1 Å². The van der Waals surface area contributed by atoms with Crippen molar-refractivity contribution >= 4 is 10.0 Å². The predicted octanol–water partition coefficient (Wildman–Crippen LogP) is 1.67. The molecular formula is C14H22N2O2S. The van der Waals surface area contributed by atoms with Crippen molar-refractivity contribution in [3.05, 3.63) is 29.8 Å². The zero-order valence-corrected chi connectivity index (χ0v) is 12.2. The first-order valence-corrected chi connectivity index (χ1v) is 8.42. The Morgan fingerprint density at radius 1 is 1.16 bits per heavy atom. The zero-order chi connectivity index (χ0) is 13.7. The predicted molar refractivity (Wildman–Crippen MR) is 76.7 cm³/mol. The summed E-state index contributed by atoms with van der Waals surface area (Å²) in [5, 5.41) is 3.33. The molecule has 1 aromatic rings. The minimum Gasteiger partial charge on any atom is -0.316 e. The zero-order valence-electron chi connectivity index (χ0n) is 11.4. The van der Waals surface area contributed by atoms with E-state index in [2.05, 4.69) is 17.0 Å². The van der Waals surface area contributed by atoms with Gasteiger partial charge in [-0.2, -0.15) is 0 Å². The number of hydrogen-bond acceptors (Lipinski definition) is 3. The monoisotopic (exact) mass is 282 g/mol. The van der Waals surface area contributed by atoms with Crippen LogP contribution in [0.4, 0.5) is 0 Å². The topological polar surface area (TPSA) is 58.2 Å². The first-order valence-electron chi connectivity index (χ1n) is 6.94. The lowest BCUT2D eigenvalue weighted by atomic mass is 10.1. The van der Waals surface area contributed by atoms with E-state index in [9.17, 15) is 8.42 Å². The Kier molecular flexibility index (Phi) is 4.96. The van der Waals surface area contributed by atoms with E-state index in [0.717, 1.165) is 44.3 Å². The van der Waals surface area contributed by atoms with Gasteiger partial charge in [-0.05, 0) is 56.5 Å². The van der Waals surface area contributed by atoms with Gasteiger partial charge in [0.25, 0.3) is 0 Å². The highest BCUT2D eigenvalue weighted by atomic mass is 32.2. The number of rotatable bonds is 8. The summed E-state index contributed by atoms with van der Waals surface area (Å²) < 4.78 is 26.6. The van der Waals surface area contributed by atoms with Crippen molar-refractivity contribution in [2.75, 3.05) is 13.1 Å². The fraction of sp³-hybridized carbons (Fsp3) is 0.571. The van der Waals surface area contributed by atoms with E-state index < -0.39 is 10.0 Å². The summed E-state index contributed by atoms with van der Waals surface area (Å²) in [6.45, 7) is 4.09. The molecule has 0 amide bonds. The van der Waals surface area contributed by atoms with Crippen molar-refractivity contribution in [2.45, 2.75) is 43.5 Å². The lowest BCUT2D eigenvalue weighted by Gasteiger charge is -2.07. The molecule has 0 unspecified atom stereocenters. The first kappa shape index (κ1) is 14.5. The van der Waals surface area contributed by atoms with Crippen LogP contribution in [0.5, 0.6) is 0 Å². The van der Waals surface area contributed by atoms with Gasteiger partial charge in [-0.1, -0.05) is 19.1 Å². The van der Waals surface area contributed by atoms with Gasteiger partial charge in [0.2, 0.25) is 10.0 Å². The molecule has 0 saturated heterocycles. The van der Waals surface area contributed by atoms with Gasteiger partial charge in [0.15, 0.2) is 0 Å². The van der Waals surface area contributed by atoms with Crippen LogP contribution in [0, 0.1) is 0 Å². The molecule has 2 rings (SSSR count). The minimum absolute atomic E-state index is 0.155. The van der Waals surface area contributed by atoms with Crippen LogP contribution in [0.15, 0.2) is 29.2 Å². The maximum Gasteiger partial charge on any atom is 0.240 e. The molecule has 0 atom stereocenters. The summed E-state index contributed by atoms with van der Waals surface area (Å²) in [6.07, 6.45) is 3.97. The molecular weight excluding hydrogens is 260 g/mol. The molecule has 0 bridgehead atoms. The average molecular weight is 282 g/mol. The van der Waals surface area contributed by atoms with Gasteiger partial charge in [0.1, 0.15) is 0 Å². The standard InChI is InChI=1S/C14H22N2O2S/c1-2-10-15-11-9-12-3-7-14(8-4-12)19(17,18)16-13-5-6-13/h3-4,7-8,13,15-16H,2,5-6,9-11H2,1H3. The molecule has 0 aromatic heterocycles. The molecule has 4 nitrogen and oxygen atoms in total. The van der Waals surface area contributed by atoms with Crippen molar-refractivity contribution in [2.24, 2.45) is 0 Å². The van der Waals surface area contributed by atoms with E-state index in [1.165, 1.54) is 0 Å². The fourth-order valence-electron chi connectivity index (χ4n) is 1.86. The third-order valence-corrected chi connectivity index (χ3v) is 4.69. The molecule has 0 aliphatic heterocycles. The Morgan fingerprint density at radius 3 is 2.42 bits per heavy atom. The molecule has 106 valence electrons. The first-order chi connectivity index (χ1) is 9.12. The Labute approximate surface area is 115 Å². The summed E-state index contributed by atoms with van der Waals surface area (Å²) in [5.41, 5.74) is 1.16. The largest absolute Gasteiger partial charge is 0.316 e. The van der Waals surface area contributed by atoms with Crippen molar-refractivity contribution < 1.29 is 8.42 Å². The molecule has 1 aliphatic rings. The number of benzene rings is 1. The Morgan fingerprint density at radius 2 is 1.84 bits per heavy atom. The van der Waals surface area contributed by atoms with Gasteiger partial charge in [-0.3, -0.25) is 0 Å². The van der Waals surface area contributed by atoms with E-state index in [0.29, 0.717) is 4.90 Å². The second-order valence-electron chi connectivity index (χ2n) is 5.04. The van der Waals surface area contributed by atoms with Crippen LogP contribution in [0.3, 0.4) is 0 Å². The van der Waals surface area contributed by atoms with Crippen LogP contribution in [0.2, 0.25) is 0 Å². The molecule has 1 fully saturated rings. The van der Waals surface area contributed by atoms with Gasteiger partial charge < -0.3 is 5.32 Å². The number of hydrogen-bond donors (Lipinski definition) is 2. The average Bonchev–Trinajstić information content (AvgIpc) is 3.18. The summed E-state index contributed by atoms with van der Waals surface area (Å²) in [6, 6.07) is 7.34. The highest BCUT2D eigenvalue weighted by Gasteiger charge is 2.27. The van der Waals surface area contributed by atoms with E-state index >= 15 is 0 Å². The van der Waals surface area contributed by atoms with Gasteiger partial charge in [0, 0.05) is 6.04 Å². The molecule has 0 spiro atoms. The smallest absolute Gasteiger partial charge is 0.240 e. The third-order valence-electron chi connectivity index (χ3n) is 3.15. The molecule has 1 aromatic carbocycles. The van der Waals surface area contributed by atoms with Crippen molar-refractivity contribution in [3.63, 3.8) is 0 Å². The summed E-state index contributed by atoms with van der Waals surface area (Å²) in [4.78, 5) is 0.365. The molecule has 1 saturated carbocycles. The Balaban J connectivity index is 1.90. The van der Waals surface area contributed by atoms with Gasteiger partial charge in [-0.15, -0.1) is 0 Å². The lowest BCUT2D eigenvalue weighted by molar-refractivity contribution is 0.581. The lowest BCUT2D eigenvalue weighted by Crippen LogP contribution is -2.25. The molecule has 0 heterocycles. The van der Waals surface area contributed by atoms with Crippen LogP contribution in [-0.2, 0) is 16.4 Å². The second-order valence-corrected chi connectivity index (χ2v) is 6.75. The quantitative estimate of drug-likeness (QED) is 0.713. The molecule has 0 radical (unpaired) electrons. The fourth-order valence-corrected chi connectivity index (χ4v) is 3.16. The molecule has 5 heteroatoms. The minimum atomic E-state index is -3.31. The van der Waals surface area contributed by atoms with Crippen molar-refractivity contribution in [3.8, 4) is 0 Å². The summed E-state index contributed by atoms with van der Waals surface area (Å²) in [5.74, 6) is 0. The van der Waals surface area contributed by atoms with Crippen LogP contribution in [0.1, 0.15) is 31.7 Å². The van der Waals surface area contributed by atoms with Crippen molar-refractivity contribution in [1.82, 2.24) is 10.0 Å².